The zero-order valence-corrected chi connectivity index (χ0v) is 11.8. The van der Waals surface area contributed by atoms with Gasteiger partial charge in [0.2, 0.25) is 5.91 Å². The third kappa shape index (κ3) is 5.14. The number of likely N-dealkylation sites (N-methyl/N-ethyl adjacent to an activating group) is 1. The minimum atomic E-state index is -4.39. The summed E-state index contributed by atoms with van der Waals surface area (Å²) in [6.45, 7) is -1.90. The summed E-state index contributed by atoms with van der Waals surface area (Å²) in [5.74, 6) is -0.407. The van der Waals surface area contributed by atoms with Crippen LogP contribution in [0.5, 0.6) is 0 Å². The predicted molar refractivity (Wildman–Crippen MR) is 64.6 cm³/mol. The van der Waals surface area contributed by atoms with Crippen molar-refractivity contribution in [3.05, 3.63) is 0 Å². The Hall–Kier alpha value is -0.300. The molecular weight excluding hydrogens is 315 g/mol. The smallest absolute Gasteiger partial charge is 0.362 e. The second-order valence-electron chi connectivity index (χ2n) is 4.48. The topological polar surface area (TPSA) is 29.5 Å². The molecule has 1 rings (SSSR count). The Labute approximate surface area is 113 Å². The zero-order valence-electron chi connectivity index (χ0n) is 10.2. The number of rotatable bonds is 4. The van der Waals surface area contributed by atoms with Crippen LogP contribution in [0.1, 0.15) is 25.7 Å². The average molecular weight is 332 g/mol. The number of nitrogens with zero attached hydrogens (tertiary/aromatic N) is 1. The molecule has 0 N–H and O–H groups in total. The minimum absolute atomic E-state index is 0.0423. The van der Waals surface area contributed by atoms with Gasteiger partial charge in [0, 0.05) is 17.9 Å². The van der Waals surface area contributed by atoms with Gasteiger partial charge in [-0.3, -0.25) is 4.79 Å². The van der Waals surface area contributed by atoms with Crippen molar-refractivity contribution >= 4 is 21.8 Å². The fourth-order valence-electron chi connectivity index (χ4n) is 2.04. The summed E-state index contributed by atoms with van der Waals surface area (Å²) in [5.41, 5.74) is 0. The molecule has 1 fully saturated rings. The molecule has 0 aliphatic heterocycles. The number of amides is 1. The molecular formula is C11H17BrF3NO2. The molecule has 1 amide bonds. The van der Waals surface area contributed by atoms with Gasteiger partial charge in [0.15, 0.2) is 0 Å². The maximum absolute atomic E-state index is 11.9. The Kier molecular flexibility index (Phi) is 5.91. The van der Waals surface area contributed by atoms with Crippen molar-refractivity contribution in [3.63, 3.8) is 0 Å². The second-order valence-corrected chi connectivity index (χ2v) is 5.66. The Morgan fingerprint density at radius 3 is 2.56 bits per heavy atom. The number of hydrogen-bond acceptors (Lipinski definition) is 2. The molecule has 0 heterocycles. The highest BCUT2D eigenvalue weighted by molar-refractivity contribution is 9.09. The Bertz CT molecular complexity index is 286. The SMILES string of the molecule is CN(C(=O)COCC(F)(F)F)C1CCCCC1Br. The van der Waals surface area contributed by atoms with Crippen LogP contribution in [0.2, 0.25) is 0 Å². The largest absolute Gasteiger partial charge is 0.411 e. The molecule has 0 aromatic carbocycles. The molecule has 0 aromatic rings. The maximum atomic E-state index is 11.9. The Balaban J connectivity index is 2.36. The molecule has 0 aromatic heterocycles. The normalized spacial score (nSPS) is 24.9. The van der Waals surface area contributed by atoms with Gasteiger partial charge in [0.05, 0.1) is 0 Å². The van der Waals surface area contributed by atoms with E-state index in [1.807, 2.05) is 0 Å². The summed E-state index contributed by atoms with van der Waals surface area (Å²) in [6.07, 6.45) is -0.391. The van der Waals surface area contributed by atoms with Gasteiger partial charge in [0.25, 0.3) is 0 Å². The Morgan fingerprint density at radius 2 is 2.00 bits per heavy atom. The summed E-state index contributed by atoms with van der Waals surface area (Å²) >= 11 is 3.51. The van der Waals surface area contributed by atoms with Crippen molar-refractivity contribution in [3.8, 4) is 0 Å². The monoisotopic (exact) mass is 331 g/mol. The van der Waals surface area contributed by atoms with Crippen molar-refractivity contribution in [1.82, 2.24) is 4.90 Å². The van der Waals surface area contributed by atoms with Crippen molar-refractivity contribution < 1.29 is 22.7 Å². The van der Waals surface area contributed by atoms with Gasteiger partial charge in [-0.25, -0.2) is 0 Å². The van der Waals surface area contributed by atoms with E-state index in [0.29, 0.717) is 0 Å². The van der Waals surface area contributed by atoms with Crippen LogP contribution in [-0.2, 0) is 9.53 Å². The molecule has 0 saturated heterocycles. The quantitative estimate of drug-likeness (QED) is 0.741. The van der Waals surface area contributed by atoms with E-state index < -0.39 is 25.3 Å². The van der Waals surface area contributed by atoms with Crippen molar-refractivity contribution in [2.75, 3.05) is 20.3 Å². The molecule has 2 atom stereocenters. The average Bonchev–Trinajstić information content (AvgIpc) is 2.27. The molecule has 0 radical (unpaired) electrons. The summed E-state index contributed by atoms with van der Waals surface area (Å²) in [7, 11) is 1.61. The Morgan fingerprint density at radius 1 is 1.39 bits per heavy atom. The molecule has 7 heteroatoms. The van der Waals surface area contributed by atoms with Crippen LogP contribution < -0.4 is 0 Å². The van der Waals surface area contributed by atoms with E-state index in [9.17, 15) is 18.0 Å². The van der Waals surface area contributed by atoms with E-state index in [-0.39, 0.29) is 10.9 Å². The van der Waals surface area contributed by atoms with Crippen LogP contribution in [0.3, 0.4) is 0 Å². The fraction of sp³-hybridized carbons (Fsp3) is 0.909. The standard InChI is InChI=1S/C11H17BrF3NO2/c1-16(9-5-3-2-4-8(9)12)10(17)6-18-7-11(13,14)15/h8-9H,2-7H2,1H3. The highest BCUT2D eigenvalue weighted by atomic mass is 79.9. The molecule has 18 heavy (non-hydrogen) atoms. The van der Waals surface area contributed by atoms with E-state index in [1.54, 1.807) is 7.05 Å². The van der Waals surface area contributed by atoms with Crippen LogP contribution in [0.15, 0.2) is 0 Å². The highest BCUT2D eigenvalue weighted by Crippen LogP contribution is 2.28. The van der Waals surface area contributed by atoms with Gasteiger partial charge in [-0.2, -0.15) is 13.2 Å². The van der Waals surface area contributed by atoms with E-state index in [0.717, 1.165) is 25.7 Å². The number of halogens is 4. The summed E-state index contributed by atoms with van der Waals surface area (Å²) in [6, 6.07) is 0.0423. The van der Waals surface area contributed by atoms with Crippen molar-refractivity contribution in [1.29, 1.82) is 0 Å². The van der Waals surface area contributed by atoms with Crippen LogP contribution in [0.4, 0.5) is 13.2 Å². The number of alkyl halides is 4. The van der Waals surface area contributed by atoms with Crippen molar-refractivity contribution in [2.24, 2.45) is 0 Å². The fourth-order valence-corrected chi connectivity index (χ4v) is 2.99. The first-order valence-corrected chi connectivity index (χ1v) is 6.77. The summed E-state index contributed by atoms with van der Waals surface area (Å²) in [4.78, 5) is 13.4. The lowest BCUT2D eigenvalue weighted by Crippen LogP contribution is -2.45. The van der Waals surface area contributed by atoms with Gasteiger partial charge in [0.1, 0.15) is 13.2 Å². The van der Waals surface area contributed by atoms with Crippen LogP contribution in [0.25, 0.3) is 0 Å². The first-order valence-electron chi connectivity index (χ1n) is 5.85. The minimum Gasteiger partial charge on any atom is -0.362 e. The van der Waals surface area contributed by atoms with E-state index >= 15 is 0 Å². The van der Waals surface area contributed by atoms with Gasteiger partial charge >= 0.3 is 6.18 Å². The van der Waals surface area contributed by atoms with E-state index in [2.05, 4.69) is 20.7 Å². The summed E-state index contributed by atoms with van der Waals surface area (Å²) < 4.78 is 40.0. The lowest BCUT2D eigenvalue weighted by Gasteiger charge is -2.35. The number of ether oxygens (including phenoxy) is 1. The molecule has 0 bridgehead atoms. The van der Waals surface area contributed by atoms with Crippen molar-refractivity contribution in [2.45, 2.75) is 42.7 Å². The number of carbonyl (C=O) groups is 1. The van der Waals surface area contributed by atoms with Gasteiger partial charge in [-0.05, 0) is 12.8 Å². The lowest BCUT2D eigenvalue weighted by atomic mass is 9.94. The molecule has 0 spiro atoms. The third-order valence-electron chi connectivity index (χ3n) is 3.03. The van der Waals surface area contributed by atoms with Gasteiger partial charge < -0.3 is 9.64 Å². The second kappa shape index (κ2) is 6.75. The van der Waals surface area contributed by atoms with Crippen LogP contribution in [-0.4, -0.2) is 48.1 Å². The van der Waals surface area contributed by atoms with Crippen LogP contribution >= 0.6 is 15.9 Å². The first kappa shape index (κ1) is 15.8. The molecule has 1 aliphatic rings. The molecule has 1 saturated carbocycles. The molecule has 2 unspecified atom stereocenters. The number of carbonyl (C=O) groups excluding carboxylic acids is 1. The highest BCUT2D eigenvalue weighted by Gasteiger charge is 2.31. The molecule has 3 nitrogen and oxygen atoms in total. The zero-order chi connectivity index (χ0) is 13.8. The number of hydrogen-bond donors (Lipinski definition) is 0. The van der Waals surface area contributed by atoms with Gasteiger partial charge in [-0.1, -0.05) is 28.8 Å². The van der Waals surface area contributed by atoms with E-state index in [1.165, 1.54) is 4.90 Å². The molecule has 1 aliphatic carbocycles. The first-order chi connectivity index (χ1) is 8.31. The summed E-state index contributed by atoms with van der Waals surface area (Å²) in [5, 5.41) is 0. The molecule has 106 valence electrons. The lowest BCUT2D eigenvalue weighted by molar-refractivity contribution is -0.178. The van der Waals surface area contributed by atoms with Crippen LogP contribution in [0, 0.1) is 0 Å². The predicted octanol–water partition coefficient (Wildman–Crippen LogP) is 2.73. The van der Waals surface area contributed by atoms with Gasteiger partial charge in [-0.15, -0.1) is 0 Å². The maximum Gasteiger partial charge on any atom is 0.411 e. The third-order valence-corrected chi connectivity index (χ3v) is 4.10. The van der Waals surface area contributed by atoms with E-state index in [4.69, 9.17) is 0 Å².